The van der Waals surface area contributed by atoms with Gasteiger partial charge in [-0.2, -0.15) is 0 Å². The van der Waals surface area contributed by atoms with Crippen LogP contribution in [0.25, 0.3) is 0 Å². The molecule has 2 amide bonds. The van der Waals surface area contributed by atoms with Gasteiger partial charge in [-0.25, -0.2) is 9.59 Å². The van der Waals surface area contributed by atoms with E-state index in [0.717, 1.165) is 43.9 Å². The number of nitrogens with zero attached hydrogens (tertiary/aromatic N) is 3. The first-order valence-corrected chi connectivity index (χ1v) is 19.7. The lowest BCUT2D eigenvalue weighted by atomic mass is 10.0. The first-order chi connectivity index (χ1) is 27.0. The average Bonchev–Trinajstić information content (AvgIpc) is 3.94. The Labute approximate surface area is 328 Å². The van der Waals surface area contributed by atoms with Gasteiger partial charge >= 0.3 is 12.2 Å². The van der Waals surface area contributed by atoms with Gasteiger partial charge in [0, 0.05) is 37.6 Å². The summed E-state index contributed by atoms with van der Waals surface area (Å²) < 4.78 is 23.1. The molecule has 55 heavy (non-hydrogen) atoms. The van der Waals surface area contributed by atoms with Crippen LogP contribution in [0.2, 0.25) is 0 Å². The molecule has 2 aromatic heterocycles. The molecule has 0 aliphatic carbocycles. The Bertz CT molecular complexity index is 1850. The number of hydrogen-bond donors (Lipinski definition) is 2. The zero-order valence-electron chi connectivity index (χ0n) is 30.4. The lowest BCUT2D eigenvalue weighted by molar-refractivity contribution is 0.127. The number of rotatable bonds is 19. The molecule has 0 saturated carbocycles. The zero-order valence-corrected chi connectivity index (χ0v) is 32.0. The summed E-state index contributed by atoms with van der Waals surface area (Å²) in [5.74, 6) is 2.94. The van der Waals surface area contributed by atoms with Gasteiger partial charge in [0.25, 0.3) is 0 Å². The van der Waals surface area contributed by atoms with Gasteiger partial charge in [0.2, 0.25) is 0 Å². The molecule has 0 unspecified atom stereocenters. The predicted octanol–water partition coefficient (Wildman–Crippen LogP) is 8.88. The maximum Gasteiger partial charge on any atom is 0.407 e. The van der Waals surface area contributed by atoms with Gasteiger partial charge in [-0.3, -0.25) is 14.9 Å². The van der Waals surface area contributed by atoms with E-state index in [0.29, 0.717) is 32.5 Å². The van der Waals surface area contributed by atoms with Crippen LogP contribution in [-0.2, 0) is 35.5 Å². The summed E-state index contributed by atoms with van der Waals surface area (Å²) in [6.45, 7) is 3.98. The Morgan fingerprint density at radius 3 is 1.36 bits per heavy atom. The van der Waals surface area contributed by atoms with Crippen LogP contribution in [0.5, 0.6) is 23.0 Å². The number of likely N-dealkylation sites (N-methyl/N-ethyl adjacent to an activating group) is 1. The Morgan fingerprint density at radius 1 is 0.600 bits per heavy atom. The topological polar surface area (TPSA) is 124 Å². The van der Waals surface area contributed by atoms with Gasteiger partial charge < -0.3 is 29.6 Å². The van der Waals surface area contributed by atoms with Crippen molar-refractivity contribution in [3.05, 3.63) is 153 Å². The number of ether oxygens (including phenoxy) is 4. The first kappa shape index (κ1) is 38.9. The molecule has 2 atom stereocenters. The van der Waals surface area contributed by atoms with Crippen LogP contribution in [0, 0.1) is 0 Å². The molecule has 0 fully saturated rings. The molecule has 4 aromatic carbocycles. The first-order valence-electron chi connectivity index (χ1n) is 17.9. The van der Waals surface area contributed by atoms with Crippen molar-refractivity contribution in [1.29, 1.82) is 0 Å². The van der Waals surface area contributed by atoms with Crippen LogP contribution in [0.4, 0.5) is 9.59 Å². The number of carbonyl (C=O) groups excluding carboxylic acids is 2. The Morgan fingerprint density at radius 2 is 1.00 bits per heavy atom. The van der Waals surface area contributed by atoms with Gasteiger partial charge in [-0.05, 0) is 79.0 Å². The molecule has 0 saturated heterocycles. The minimum atomic E-state index is -0.516. The standard InChI is InChI=1S/C42H43N5O6S2/c1-2-47(25-33(45-41(48)50-27-39-23-43-29-54-39)21-31-13-17-37(18-14-31)52-35-9-5-3-6-10-35)26-34(46-42(49)51-28-40-24-44-30-55-40)22-32-15-19-38(20-16-32)53-36-11-7-4-8-12-36/h3-20,23-24,29-30,33-34H,2,21-22,25-28H2,1H3,(H,45,48)(H,46,49)/t33-,34-/m0/s1. The number of para-hydroxylation sites is 2. The van der Waals surface area contributed by atoms with Crippen LogP contribution >= 0.6 is 22.7 Å². The highest BCUT2D eigenvalue weighted by atomic mass is 32.1. The van der Waals surface area contributed by atoms with Crippen molar-refractivity contribution in [3.63, 3.8) is 0 Å². The van der Waals surface area contributed by atoms with E-state index in [1.807, 2.05) is 109 Å². The van der Waals surface area contributed by atoms with Crippen LogP contribution in [0.15, 0.2) is 133 Å². The van der Waals surface area contributed by atoms with Crippen molar-refractivity contribution >= 4 is 34.9 Å². The zero-order chi connectivity index (χ0) is 38.1. The third-order valence-corrected chi connectivity index (χ3v) is 9.98. The maximum absolute atomic E-state index is 13.1. The summed E-state index contributed by atoms with van der Waals surface area (Å²) in [5.41, 5.74) is 5.44. The average molecular weight is 778 g/mol. The van der Waals surface area contributed by atoms with Crippen molar-refractivity contribution in [3.8, 4) is 23.0 Å². The van der Waals surface area contributed by atoms with E-state index in [4.69, 9.17) is 18.9 Å². The number of benzene rings is 4. The van der Waals surface area contributed by atoms with Crippen LogP contribution in [0.1, 0.15) is 27.8 Å². The number of hydrogen-bond acceptors (Lipinski definition) is 11. The predicted molar refractivity (Wildman–Crippen MR) is 214 cm³/mol. The summed E-state index contributed by atoms with van der Waals surface area (Å²) in [4.78, 5) is 38.3. The minimum Gasteiger partial charge on any atom is -0.457 e. The lowest BCUT2D eigenvalue weighted by Crippen LogP contribution is -2.50. The molecule has 0 bridgehead atoms. The number of nitrogens with one attached hydrogen (secondary N) is 2. The van der Waals surface area contributed by atoms with E-state index in [1.165, 1.54) is 22.7 Å². The van der Waals surface area contributed by atoms with Crippen molar-refractivity contribution < 1.29 is 28.5 Å². The quantitative estimate of drug-likeness (QED) is 0.0830. The highest BCUT2D eigenvalue weighted by Crippen LogP contribution is 2.23. The van der Waals surface area contributed by atoms with E-state index in [9.17, 15) is 9.59 Å². The third kappa shape index (κ3) is 13.2. The SMILES string of the molecule is CCN(C[C@H](Cc1ccc(Oc2ccccc2)cc1)NC(=O)OCc1cncs1)C[C@H](Cc1ccc(Oc2ccccc2)cc1)NC(=O)OCc1cncs1. The summed E-state index contributed by atoms with van der Waals surface area (Å²) in [6.07, 6.45) is 3.42. The van der Waals surface area contributed by atoms with Crippen molar-refractivity contribution in [2.45, 2.75) is 45.1 Å². The van der Waals surface area contributed by atoms with Crippen molar-refractivity contribution in [2.24, 2.45) is 0 Å². The minimum absolute atomic E-state index is 0.136. The van der Waals surface area contributed by atoms with Gasteiger partial charge in [0.1, 0.15) is 36.2 Å². The summed E-state index contributed by atoms with van der Waals surface area (Å²) >= 11 is 2.86. The monoisotopic (exact) mass is 777 g/mol. The number of aromatic nitrogens is 2. The molecular formula is C42H43N5O6S2. The molecule has 0 spiro atoms. The molecule has 6 rings (SSSR count). The van der Waals surface area contributed by atoms with E-state index in [-0.39, 0.29) is 25.3 Å². The summed E-state index contributed by atoms with van der Waals surface area (Å²) in [7, 11) is 0. The van der Waals surface area contributed by atoms with Crippen molar-refractivity contribution in [1.82, 2.24) is 25.5 Å². The second-order valence-electron chi connectivity index (χ2n) is 12.6. The second kappa shape index (κ2) is 20.6. The highest BCUT2D eigenvalue weighted by Gasteiger charge is 2.23. The Kier molecular flexibility index (Phi) is 14.6. The smallest absolute Gasteiger partial charge is 0.407 e. The second-order valence-corrected chi connectivity index (χ2v) is 14.6. The van der Waals surface area contributed by atoms with E-state index < -0.39 is 12.2 Å². The molecule has 11 nitrogen and oxygen atoms in total. The molecular weight excluding hydrogens is 735 g/mol. The number of thiazole rings is 2. The molecule has 13 heteroatoms. The Hall–Kier alpha value is -5.76. The normalized spacial score (nSPS) is 12.0. The summed E-state index contributed by atoms with van der Waals surface area (Å²) in [6, 6.07) is 34.3. The number of amides is 2. The highest BCUT2D eigenvalue weighted by molar-refractivity contribution is 7.09. The van der Waals surface area contributed by atoms with Crippen LogP contribution in [-0.4, -0.2) is 58.8 Å². The molecule has 6 aromatic rings. The molecule has 2 N–H and O–H groups in total. The molecule has 2 heterocycles. The Balaban J connectivity index is 1.14. The largest absolute Gasteiger partial charge is 0.457 e. The van der Waals surface area contributed by atoms with E-state index >= 15 is 0 Å². The van der Waals surface area contributed by atoms with Gasteiger partial charge in [-0.15, -0.1) is 22.7 Å². The maximum atomic E-state index is 13.1. The van der Waals surface area contributed by atoms with Gasteiger partial charge in [0.05, 0.1) is 20.8 Å². The fourth-order valence-corrected chi connectivity index (χ4v) is 6.81. The lowest BCUT2D eigenvalue weighted by Gasteiger charge is -2.31. The number of carbonyl (C=O) groups is 2. The fraction of sp³-hybridized carbons (Fsp3) is 0.238. The molecule has 0 aliphatic rings. The summed E-state index contributed by atoms with van der Waals surface area (Å²) in [5, 5.41) is 6.18. The van der Waals surface area contributed by atoms with E-state index in [1.54, 1.807) is 23.4 Å². The van der Waals surface area contributed by atoms with E-state index in [2.05, 4.69) is 32.4 Å². The van der Waals surface area contributed by atoms with Crippen LogP contribution in [0.3, 0.4) is 0 Å². The molecule has 0 radical (unpaired) electrons. The fourth-order valence-electron chi connectivity index (χ4n) is 5.80. The van der Waals surface area contributed by atoms with Gasteiger partial charge in [-0.1, -0.05) is 67.6 Å². The van der Waals surface area contributed by atoms with Crippen LogP contribution < -0.4 is 20.1 Å². The molecule has 0 aliphatic heterocycles. The third-order valence-electron chi connectivity index (χ3n) is 8.48. The van der Waals surface area contributed by atoms with Crippen molar-refractivity contribution in [2.75, 3.05) is 19.6 Å². The molecule has 284 valence electrons. The van der Waals surface area contributed by atoms with Gasteiger partial charge in [0.15, 0.2) is 0 Å². The number of alkyl carbamates (subject to hydrolysis) is 2.